The maximum Gasteiger partial charge on any atom is 0.257 e. The summed E-state index contributed by atoms with van der Waals surface area (Å²) in [6.45, 7) is 3.16. The summed E-state index contributed by atoms with van der Waals surface area (Å²) in [6.07, 6.45) is 1.09. The second-order valence-electron chi connectivity index (χ2n) is 3.74. The van der Waals surface area contributed by atoms with Crippen LogP contribution in [-0.4, -0.2) is 36.8 Å². The van der Waals surface area contributed by atoms with Gasteiger partial charge in [0.25, 0.3) is 5.91 Å². The molecule has 0 saturated carbocycles. The molecular formula is C11H13BrN2O3. The molecule has 6 heteroatoms. The zero-order valence-electron chi connectivity index (χ0n) is 9.40. The number of hydrogen-bond acceptors (Lipinski definition) is 4. The lowest BCUT2D eigenvalue weighted by Gasteiger charge is -2.22. The molecule has 92 valence electrons. The first-order valence-corrected chi connectivity index (χ1v) is 6.08. The Hall–Kier alpha value is -0.980. The number of carbonyl (C=O) groups excluding carboxylic acids is 1. The molecule has 2 heterocycles. The minimum atomic E-state index is -0.548. The highest BCUT2D eigenvalue weighted by Gasteiger charge is 2.23. The lowest BCUT2D eigenvalue weighted by Crippen LogP contribution is -2.39. The molecule has 0 spiro atoms. The molecule has 1 aromatic heterocycles. The molecule has 1 aliphatic rings. The second-order valence-corrected chi connectivity index (χ2v) is 4.66. The Balaban J connectivity index is 2.02. The molecular weight excluding hydrogens is 288 g/mol. The Morgan fingerprint density at radius 1 is 1.59 bits per heavy atom. The van der Waals surface area contributed by atoms with Crippen molar-refractivity contribution in [3.05, 3.63) is 22.3 Å². The van der Waals surface area contributed by atoms with Crippen LogP contribution in [0.4, 0.5) is 5.82 Å². The van der Waals surface area contributed by atoms with Gasteiger partial charge in [0.1, 0.15) is 5.82 Å². The lowest BCUT2D eigenvalue weighted by molar-refractivity contribution is -0.142. The Labute approximate surface area is 108 Å². The number of anilines is 1. The summed E-state index contributed by atoms with van der Waals surface area (Å²) in [5, 5.41) is 2.73. The van der Waals surface area contributed by atoms with E-state index in [-0.39, 0.29) is 5.91 Å². The van der Waals surface area contributed by atoms with E-state index in [0.29, 0.717) is 25.6 Å². The summed E-state index contributed by atoms with van der Waals surface area (Å²) >= 11 is 3.32. The maximum atomic E-state index is 11.8. The van der Waals surface area contributed by atoms with Crippen molar-refractivity contribution in [3.63, 3.8) is 0 Å². The van der Waals surface area contributed by atoms with E-state index in [1.165, 1.54) is 0 Å². The third-order valence-electron chi connectivity index (χ3n) is 2.39. The molecule has 1 saturated heterocycles. The Kier molecular flexibility index (Phi) is 4.09. The molecule has 1 amide bonds. The van der Waals surface area contributed by atoms with Gasteiger partial charge in [-0.2, -0.15) is 0 Å². The fourth-order valence-electron chi connectivity index (χ4n) is 1.51. The highest BCUT2D eigenvalue weighted by Crippen LogP contribution is 2.17. The predicted octanol–water partition coefficient (Wildman–Crippen LogP) is 1.51. The third-order valence-corrected chi connectivity index (χ3v) is 2.83. The zero-order chi connectivity index (χ0) is 12.3. The van der Waals surface area contributed by atoms with Gasteiger partial charge in [0, 0.05) is 10.7 Å². The standard InChI is InChI=1S/C11H13BrN2O3/c1-7-4-8(12)5-13-10(7)14-11(15)9-6-16-2-3-17-9/h4-5,9H,2-3,6H2,1H3,(H,13,14,15). The lowest BCUT2D eigenvalue weighted by atomic mass is 10.2. The molecule has 1 fully saturated rings. The van der Waals surface area contributed by atoms with E-state index in [9.17, 15) is 4.79 Å². The minimum Gasteiger partial charge on any atom is -0.376 e. The van der Waals surface area contributed by atoms with Crippen LogP contribution in [0.15, 0.2) is 16.7 Å². The number of amides is 1. The van der Waals surface area contributed by atoms with Crippen LogP contribution >= 0.6 is 15.9 Å². The fourth-order valence-corrected chi connectivity index (χ4v) is 1.95. The quantitative estimate of drug-likeness (QED) is 0.899. The molecule has 0 bridgehead atoms. The summed E-state index contributed by atoms with van der Waals surface area (Å²) in [6, 6.07) is 1.89. The van der Waals surface area contributed by atoms with Crippen LogP contribution in [0, 0.1) is 6.92 Å². The molecule has 0 aliphatic carbocycles. The number of nitrogens with zero attached hydrogens (tertiary/aromatic N) is 1. The Morgan fingerprint density at radius 3 is 3.06 bits per heavy atom. The van der Waals surface area contributed by atoms with Crippen LogP contribution in [0.1, 0.15) is 5.56 Å². The minimum absolute atomic E-state index is 0.220. The molecule has 1 aliphatic heterocycles. The Bertz CT molecular complexity index is 419. The van der Waals surface area contributed by atoms with Crippen LogP contribution in [0.2, 0.25) is 0 Å². The molecule has 1 N–H and O–H groups in total. The number of nitrogens with one attached hydrogen (secondary N) is 1. The van der Waals surface area contributed by atoms with Gasteiger partial charge in [-0.3, -0.25) is 4.79 Å². The monoisotopic (exact) mass is 300 g/mol. The van der Waals surface area contributed by atoms with Gasteiger partial charge in [-0.05, 0) is 34.5 Å². The van der Waals surface area contributed by atoms with Gasteiger partial charge >= 0.3 is 0 Å². The number of pyridine rings is 1. The molecule has 17 heavy (non-hydrogen) atoms. The van der Waals surface area contributed by atoms with Crippen molar-refractivity contribution in [1.29, 1.82) is 0 Å². The topological polar surface area (TPSA) is 60.5 Å². The van der Waals surface area contributed by atoms with Crippen molar-refractivity contribution in [2.24, 2.45) is 0 Å². The van der Waals surface area contributed by atoms with Gasteiger partial charge in [0.2, 0.25) is 0 Å². The normalized spacial score (nSPS) is 20.0. The highest BCUT2D eigenvalue weighted by molar-refractivity contribution is 9.10. The summed E-state index contributed by atoms with van der Waals surface area (Å²) in [5.74, 6) is 0.329. The van der Waals surface area contributed by atoms with Crippen LogP contribution in [0.25, 0.3) is 0 Å². The number of aromatic nitrogens is 1. The van der Waals surface area contributed by atoms with Crippen molar-refractivity contribution >= 4 is 27.7 Å². The van der Waals surface area contributed by atoms with Crippen molar-refractivity contribution in [1.82, 2.24) is 4.98 Å². The summed E-state index contributed by atoms with van der Waals surface area (Å²) < 4.78 is 11.4. The molecule has 2 rings (SSSR count). The number of aryl methyl sites for hydroxylation is 1. The number of carbonyl (C=O) groups is 1. The number of ether oxygens (including phenoxy) is 2. The van der Waals surface area contributed by atoms with Crippen LogP contribution < -0.4 is 5.32 Å². The molecule has 0 radical (unpaired) electrons. The first-order valence-electron chi connectivity index (χ1n) is 5.29. The van der Waals surface area contributed by atoms with Crippen molar-refractivity contribution < 1.29 is 14.3 Å². The average molecular weight is 301 g/mol. The molecule has 1 unspecified atom stereocenters. The number of rotatable bonds is 2. The third kappa shape index (κ3) is 3.24. The Morgan fingerprint density at radius 2 is 2.41 bits per heavy atom. The van der Waals surface area contributed by atoms with Gasteiger partial charge in [-0.1, -0.05) is 0 Å². The number of hydrogen-bond donors (Lipinski definition) is 1. The summed E-state index contributed by atoms with van der Waals surface area (Å²) in [7, 11) is 0. The largest absolute Gasteiger partial charge is 0.376 e. The zero-order valence-corrected chi connectivity index (χ0v) is 11.0. The highest BCUT2D eigenvalue weighted by atomic mass is 79.9. The van der Waals surface area contributed by atoms with E-state index >= 15 is 0 Å². The molecule has 1 atom stereocenters. The molecule has 0 aromatic carbocycles. The van der Waals surface area contributed by atoms with E-state index in [1.807, 2.05) is 13.0 Å². The number of halogens is 1. The summed E-state index contributed by atoms with van der Waals surface area (Å²) in [4.78, 5) is 16.0. The molecule has 1 aromatic rings. The first-order chi connectivity index (χ1) is 8.16. The molecule has 5 nitrogen and oxygen atoms in total. The van der Waals surface area contributed by atoms with Gasteiger partial charge in [0.05, 0.1) is 19.8 Å². The van der Waals surface area contributed by atoms with Crippen molar-refractivity contribution in [3.8, 4) is 0 Å². The average Bonchev–Trinajstić information content (AvgIpc) is 2.34. The fraction of sp³-hybridized carbons (Fsp3) is 0.455. The van der Waals surface area contributed by atoms with Gasteiger partial charge in [-0.15, -0.1) is 0 Å². The van der Waals surface area contributed by atoms with E-state index in [4.69, 9.17) is 9.47 Å². The van der Waals surface area contributed by atoms with Gasteiger partial charge in [0.15, 0.2) is 6.10 Å². The smallest absolute Gasteiger partial charge is 0.257 e. The van der Waals surface area contributed by atoms with E-state index in [0.717, 1.165) is 10.0 Å². The predicted molar refractivity (Wildman–Crippen MR) is 65.9 cm³/mol. The van der Waals surface area contributed by atoms with Crippen LogP contribution in [-0.2, 0) is 14.3 Å². The van der Waals surface area contributed by atoms with E-state index in [2.05, 4.69) is 26.2 Å². The maximum absolute atomic E-state index is 11.8. The van der Waals surface area contributed by atoms with E-state index < -0.39 is 6.10 Å². The van der Waals surface area contributed by atoms with Gasteiger partial charge < -0.3 is 14.8 Å². The first kappa shape index (κ1) is 12.5. The van der Waals surface area contributed by atoms with Crippen molar-refractivity contribution in [2.75, 3.05) is 25.1 Å². The van der Waals surface area contributed by atoms with Gasteiger partial charge in [-0.25, -0.2) is 4.98 Å². The van der Waals surface area contributed by atoms with E-state index in [1.54, 1.807) is 6.20 Å². The second kappa shape index (κ2) is 5.57. The van der Waals surface area contributed by atoms with Crippen LogP contribution in [0.5, 0.6) is 0 Å². The SMILES string of the molecule is Cc1cc(Br)cnc1NC(=O)C1COCCO1. The van der Waals surface area contributed by atoms with Crippen LogP contribution in [0.3, 0.4) is 0 Å². The van der Waals surface area contributed by atoms with Crippen molar-refractivity contribution in [2.45, 2.75) is 13.0 Å². The summed E-state index contributed by atoms with van der Waals surface area (Å²) in [5.41, 5.74) is 0.893.